The Morgan fingerprint density at radius 3 is 3.00 bits per heavy atom. The van der Waals surface area contributed by atoms with Crippen molar-refractivity contribution < 1.29 is 5.11 Å². The van der Waals surface area contributed by atoms with E-state index in [4.69, 9.17) is 5.73 Å². The quantitative estimate of drug-likeness (QED) is 0.836. The van der Waals surface area contributed by atoms with Crippen molar-refractivity contribution in [1.29, 1.82) is 0 Å². The zero-order chi connectivity index (χ0) is 12.5. The third kappa shape index (κ3) is 2.17. The first-order valence-corrected chi connectivity index (χ1v) is 6.27. The lowest BCUT2D eigenvalue weighted by Gasteiger charge is -2.16. The molecule has 1 fully saturated rings. The number of aliphatic hydroxyl groups is 1. The molecule has 18 heavy (non-hydrogen) atoms. The molecule has 4 heteroatoms. The summed E-state index contributed by atoms with van der Waals surface area (Å²) in [4.78, 5) is 6.64. The van der Waals surface area contributed by atoms with E-state index in [0.29, 0.717) is 5.82 Å². The maximum absolute atomic E-state index is 9.53. The molecule has 0 saturated carbocycles. The molecule has 4 nitrogen and oxygen atoms in total. The van der Waals surface area contributed by atoms with Gasteiger partial charge in [0.15, 0.2) is 0 Å². The van der Waals surface area contributed by atoms with Gasteiger partial charge in [-0.3, -0.25) is 4.90 Å². The predicted octanol–water partition coefficient (Wildman–Crippen LogP) is 1.38. The number of rotatable bonds is 2. The van der Waals surface area contributed by atoms with Crippen LogP contribution < -0.4 is 5.73 Å². The van der Waals surface area contributed by atoms with Gasteiger partial charge in [-0.05, 0) is 18.6 Å². The summed E-state index contributed by atoms with van der Waals surface area (Å²) < 4.78 is 0. The molecular formula is C14H17N3O. The Morgan fingerprint density at radius 2 is 2.22 bits per heavy atom. The summed E-state index contributed by atoms with van der Waals surface area (Å²) in [6, 6.07) is 10.1. The van der Waals surface area contributed by atoms with E-state index in [-0.39, 0.29) is 6.10 Å². The van der Waals surface area contributed by atoms with Crippen LogP contribution in [-0.4, -0.2) is 34.2 Å². The number of nitrogen functional groups attached to an aromatic ring is 1. The summed E-state index contributed by atoms with van der Waals surface area (Å²) in [6.07, 6.45) is 0.653. The smallest absolute Gasteiger partial charge is 0.128 e. The Labute approximate surface area is 106 Å². The van der Waals surface area contributed by atoms with Crippen molar-refractivity contribution in [2.24, 2.45) is 0 Å². The van der Waals surface area contributed by atoms with Crippen LogP contribution >= 0.6 is 0 Å². The van der Waals surface area contributed by atoms with Crippen LogP contribution in [-0.2, 0) is 6.54 Å². The number of aromatic nitrogens is 1. The summed E-state index contributed by atoms with van der Waals surface area (Å²) in [5, 5.41) is 10.6. The van der Waals surface area contributed by atoms with E-state index in [1.165, 1.54) is 0 Å². The van der Waals surface area contributed by atoms with E-state index < -0.39 is 0 Å². The molecule has 1 aliphatic heterocycles. The second-order valence-electron chi connectivity index (χ2n) is 4.90. The summed E-state index contributed by atoms with van der Waals surface area (Å²) >= 11 is 0. The third-order valence-corrected chi connectivity index (χ3v) is 3.48. The Kier molecular flexibility index (Phi) is 2.89. The highest BCUT2D eigenvalue weighted by Crippen LogP contribution is 2.21. The van der Waals surface area contributed by atoms with Gasteiger partial charge in [0.05, 0.1) is 11.6 Å². The highest BCUT2D eigenvalue weighted by atomic mass is 16.3. The highest BCUT2D eigenvalue weighted by molar-refractivity contribution is 5.81. The lowest BCUT2D eigenvalue weighted by molar-refractivity contribution is 0.175. The molecule has 3 N–H and O–H groups in total. The monoisotopic (exact) mass is 243 g/mol. The number of hydrogen-bond acceptors (Lipinski definition) is 4. The first kappa shape index (κ1) is 11.4. The average Bonchev–Trinajstić information content (AvgIpc) is 2.76. The van der Waals surface area contributed by atoms with Gasteiger partial charge in [-0.2, -0.15) is 0 Å². The number of nitrogens with two attached hydrogens (primary N) is 1. The normalized spacial score (nSPS) is 20.6. The van der Waals surface area contributed by atoms with Gasteiger partial charge in [0.1, 0.15) is 5.82 Å². The maximum Gasteiger partial charge on any atom is 0.128 e. The Balaban J connectivity index is 1.89. The topological polar surface area (TPSA) is 62.4 Å². The molecule has 1 atom stereocenters. The van der Waals surface area contributed by atoms with Gasteiger partial charge in [0, 0.05) is 30.6 Å². The Morgan fingerprint density at radius 1 is 1.39 bits per heavy atom. The number of pyridine rings is 1. The Bertz CT molecular complexity index is 570. The lowest BCUT2D eigenvalue weighted by atomic mass is 10.1. The minimum atomic E-state index is -0.195. The Hall–Kier alpha value is -1.65. The van der Waals surface area contributed by atoms with Crippen molar-refractivity contribution >= 4 is 16.7 Å². The van der Waals surface area contributed by atoms with Crippen LogP contribution in [0.15, 0.2) is 30.3 Å². The molecule has 0 bridgehead atoms. The second kappa shape index (κ2) is 4.55. The summed E-state index contributed by atoms with van der Waals surface area (Å²) in [7, 11) is 0. The molecule has 0 radical (unpaired) electrons. The molecular weight excluding hydrogens is 226 g/mol. The molecule has 94 valence electrons. The van der Waals surface area contributed by atoms with Crippen molar-refractivity contribution in [3.05, 3.63) is 35.9 Å². The van der Waals surface area contributed by atoms with Gasteiger partial charge in [-0.25, -0.2) is 4.98 Å². The minimum Gasteiger partial charge on any atom is -0.392 e. The second-order valence-corrected chi connectivity index (χ2v) is 4.90. The third-order valence-electron chi connectivity index (χ3n) is 3.48. The van der Waals surface area contributed by atoms with Crippen LogP contribution in [0.2, 0.25) is 0 Å². The fourth-order valence-corrected chi connectivity index (χ4v) is 2.50. The molecule has 1 unspecified atom stereocenters. The average molecular weight is 243 g/mol. The van der Waals surface area contributed by atoms with E-state index in [9.17, 15) is 5.11 Å². The van der Waals surface area contributed by atoms with Gasteiger partial charge < -0.3 is 10.8 Å². The van der Waals surface area contributed by atoms with Crippen molar-refractivity contribution in [3.8, 4) is 0 Å². The van der Waals surface area contributed by atoms with Crippen LogP contribution in [0.1, 0.15) is 12.0 Å². The molecule has 0 spiro atoms. The number of benzene rings is 1. The zero-order valence-corrected chi connectivity index (χ0v) is 10.2. The first-order chi connectivity index (χ1) is 8.72. The molecule has 3 rings (SSSR count). The molecule has 0 amide bonds. The zero-order valence-electron chi connectivity index (χ0n) is 10.2. The summed E-state index contributed by atoms with van der Waals surface area (Å²) in [5.74, 6) is 0.593. The van der Waals surface area contributed by atoms with Crippen LogP contribution in [0.5, 0.6) is 0 Å². The fourth-order valence-electron chi connectivity index (χ4n) is 2.50. The van der Waals surface area contributed by atoms with Gasteiger partial charge in [-0.15, -0.1) is 0 Å². The van der Waals surface area contributed by atoms with Gasteiger partial charge in [0.2, 0.25) is 0 Å². The number of hydrogen-bond donors (Lipinski definition) is 2. The highest BCUT2D eigenvalue weighted by Gasteiger charge is 2.20. The molecule has 0 aliphatic carbocycles. The van der Waals surface area contributed by atoms with E-state index in [1.807, 2.05) is 24.3 Å². The number of fused-ring (bicyclic) bond motifs is 1. The SMILES string of the molecule is Nc1nc2ccccc2cc1CN1CCC(O)C1. The molecule has 2 aromatic rings. The predicted molar refractivity (Wildman–Crippen MR) is 72.1 cm³/mol. The number of likely N-dealkylation sites (tertiary alicyclic amines) is 1. The standard InChI is InChI=1S/C14H17N3O/c15-14-11(8-17-6-5-12(18)9-17)7-10-3-1-2-4-13(10)16-14/h1-4,7,12,18H,5-6,8-9H2,(H2,15,16). The van der Waals surface area contributed by atoms with Gasteiger partial charge in [-0.1, -0.05) is 18.2 Å². The van der Waals surface area contributed by atoms with Crippen LogP contribution in [0.4, 0.5) is 5.82 Å². The van der Waals surface area contributed by atoms with Crippen molar-refractivity contribution in [2.45, 2.75) is 19.1 Å². The molecule has 1 saturated heterocycles. The number of anilines is 1. The van der Waals surface area contributed by atoms with Crippen LogP contribution in [0.25, 0.3) is 10.9 Å². The lowest BCUT2D eigenvalue weighted by Crippen LogP contribution is -2.22. The number of nitrogens with zero attached hydrogens (tertiary/aromatic N) is 2. The molecule has 2 heterocycles. The van der Waals surface area contributed by atoms with Gasteiger partial charge in [0.25, 0.3) is 0 Å². The number of β-amino-alcohol motifs (C(OH)–C–C–N with tert-alkyl or cyclic N) is 1. The van der Waals surface area contributed by atoms with E-state index >= 15 is 0 Å². The van der Waals surface area contributed by atoms with Crippen molar-refractivity contribution in [3.63, 3.8) is 0 Å². The fraction of sp³-hybridized carbons (Fsp3) is 0.357. The van der Waals surface area contributed by atoms with E-state index in [1.54, 1.807) is 0 Å². The number of aliphatic hydroxyl groups excluding tert-OH is 1. The van der Waals surface area contributed by atoms with E-state index in [0.717, 1.165) is 42.5 Å². The minimum absolute atomic E-state index is 0.195. The first-order valence-electron chi connectivity index (χ1n) is 6.27. The maximum atomic E-state index is 9.53. The molecule has 1 aromatic heterocycles. The van der Waals surface area contributed by atoms with Crippen molar-refractivity contribution in [2.75, 3.05) is 18.8 Å². The van der Waals surface area contributed by atoms with E-state index in [2.05, 4.69) is 16.0 Å². The summed E-state index contributed by atoms with van der Waals surface area (Å²) in [6.45, 7) is 2.42. The largest absolute Gasteiger partial charge is 0.392 e. The summed E-state index contributed by atoms with van der Waals surface area (Å²) in [5.41, 5.74) is 7.97. The van der Waals surface area contributed by atoms with Crippen LogP contribution in [0.3, 0.4) is 0 Å². The van der Waals surface area contributed by atoms with Crippen molar-refractivity contribution in [1.82, 2.24) is 9.88 Å². The molecule has 1 aromatic carbocycles. The van der Waals surface area contributed by atoms with Gasteiger partial charge >= 0.3 is 0 Å². The van der Waals surface area contributed by atoms with Crippen LogP contribution in [0, 0.1) is 0 Å². The molecule has 1 aliphatic rings. The number of para-hydroxylation sites is 1.